The predicted molar refractivity (Wildman–Crippen MR) is 103 cm³/mol. The summed E-state index contributed by atoms with van der Waals surface area (Å²) < 4.78 is 0. The Morgan fingerprint density at radius 1 is 1.08 bits per heavy atom. The molecular weight excluding hydrogens is 352 g/mol. The molecule has 7 nitrogen and oxygen atoms in total. The topological polar surface area (TPSA) is 92.7 Å². The van der Waals surface area contributed by atoms with Gasteiger partial charge in [-0.3, -0.25) is 14.9 Å². The van der Waals surface area contributed by atoms with E-state index < -0.39 is 4.92 Å². The summed E-state index contributed by atoms with van der Waals surface area (Å²) in [5.74, 6) is 0.124. The highest BCUT2D eigenvalue weighted by Crippen LogP contribution is 2.33. The van der Waals surface area contributed by atoms with Crippen LogP contribution in [0.4, 0.5) is 17.1 Å². The molecule has 1 fully saturated rings. The molecule has 0 spiro atoms. The van der Waals surface area contributed by atoms with Crippen LogP contribution in [0, 0.1) is 10.1 Å². The first-order valence-corrected chi connectivity index (χ1v) is 9.08. The monoisotopic (exact) mass is 372 g/mol. The lowest BCUT2D eigenvalue weighted by atomic mass is 10.2. The van der Waals surface area contributed by atoms with Crippen molar-refractivity contribution in [3.05, 3.63) is 52.6 Å². The molecule has 1 aliphatic heterocycles. The van der Waals surface area contributed by atoms with Gasteiger partial charge in [-0.15, -0.1) is 0 Å². The van der Waals surface area contributed by atoms with Gasteiger partial charge in [0.15, 0.2) is 0 Å². The molecule has 3 rings (SSSR count). The highest BCUT2D eigenvalue weighted by Gasteiger charge is 2.18. The Balaban J connectivity index is 1.64. The van der Waals surface area contributed by atoms with Gasteiger partial charge in [-0.05, 0) is 36.4 Å². The van der Waals surface area contributed by atoms with E-state index in [4.69, 9.17) is 5.73 Å². The van der Waals surface area contributed by atoms with Gasteiger partial charge in [0.2, 0.25) is 5.91 Å². The fourth-order valence-electron chi connectivity index (χ4n) is 2.90. The van der Waals surface area contributed by atoms with Crippen LogP contribution in [-0.2, 0) is 4.79 Å². The molecule has 1 amide bonds. The van der Waals surface area contributed by atoms with Gasteiger partial charge in [0.1, 0.15) is 5.69 Å². The van der Waals surface area contributed by atoms with Gasteiger partial charge in [-0.1, -0.05) is 11.8 Å². The molecule has 0 radical (unpaired) electrons. The van der Waals surface area contributed by atoms with E-state index in [1.54, 1.807) is 19.1 Å². The Labute approximate surface area is 155 Å². The molecule has 1 heterocycles. The number of nitrogens with zero attached hydrogens (tertiary/aromatic N) is 3. The summed E-state index contributed by atoms with van der Waals surface area (Å²) in [5.41, 5.74) is 6.96. The highest BCUT2D eigenvalue weighted by atomic mass is 32.2. The van der Waals surface area contributed by atoms with Crippen molar-refractivity contribution in [2.75, 3.05) is 36.8 Å². The third-order valence-corrected chi connectivity index (χ3v) is 5.36. The van der Waals surface area contributed by atoms with Crippen LogP contribution in [0.1, 0.15) is 6.92 Å². The van der Waals surface area contributed by atoms with Gasteiger partial charge in [0, 0.05) is 54.6 Å². The number of nitro groups is 1. The van der Waals surface area contributed by atoms with Crippen LogP contribution in [0.25, 0.3) is 0 Å². The summed E-state index contributed by atoms with van der Waals surface area (Å²) in [6.07, 6.45) is 0. The van der Waals surface area contributed by atoms with E-state index in [1.165, 1.54) is 17.8 Å². The first-order chi connectivity index (χ1) is 12.4. The molecule has 0 saturated carbocycles. The Bertz CT molecular complexity index is 818. The number of rotatable bonds is 4. The maximum absolute atomic E-state index is 11.4. The SMILES string of the molecule is CC(=O)N1CCN(c2ccc(Sc3ccc([N+](=O)[O-])c(N)c3)cc2)CC1. The fourth-order valence-corrected chi connectivity index (χ4v) is 3.77. The van der Waals surface area contributed by atoms with E-state index in [9.17, 15) is 14.9 Å². The van der Waals surface area contributed by atoms with E-state index >= 15 is 0 Å². The Hall–Kier alpha value is -2.74. The first kappa shape index (κ1) is 18.1. The Morgan fingerprint density at radius 3 is 2.23 bits per heavy atom. The minimum absolute atomic E-state index is 0.0746. The second kappa shape index (κ2) is 7.65. The normalized spacial score (nSPS) is 14.3. The summed E-state index contributed by atoms with van der Waals surface area (Å²) in [7, 11) is 0. The number of anilines is 2. The van der Waals surface area contributed by atoms with Crippen LogP contribution in [0.5, 0.6) is 0 Å². The highest BCUT2D eigenvalue weighted by molar-refractivity contribution is 7.99. The zero-order valence-corrected chi connectivity index (χ0v) is 15.2. The molecule has 0 unspecified atom stereocenters. The average Bonchev–Trinajstić information content (AvgIpc) is 2.62. The second-order valence-electron chi connectivity index (χ2n) is 6.07. The third kappa shape index (κ3) is 4.08. The van der Waals surface area contributed by atoms with Crippen molar-refractivity contribution in [2.45, 2.75) is 16.7 Å². The third-order valence-electron chi connectivity index (χ3n) is 4.36. The van der Waals surface area contributed by atoms with Gasteiger partial charge < -0.3 is 15.5 Å². The minimum Gasteiger partial charge on any atom is -0.393 e. The second-order valence-corrected chi connectivity index (χ2v) is 7.21. The largest absolute Gasteiger partial charge is 0.393 e. The molecule has 2 N–H and O–H groups in total. The zero-order chi connectivity index (χ0) is 18.7. The number of amides is 1. The number of nitrogen functional groups attached to an aromatic ring is 1. The van der Waals surface area contributed by atoms with Crippen molar-refractivity contribution in [1.82, 2.24) is 4.90 Å². The van der Waals surface area contributed by atoms with Crippen molar-refractivity contribution < 1.29 is 9.72 Å². The van der Waals surface area contributed by atoms with E-state index in [2.05, 4.69) is 17.0 Å². The molecular formula is C18H20N4O3S. The summed E-state index contributed by atoms with van der Waals surface area (Å²) >= 11 is 1.51. The molecule has 2 aromatic rings. The maximum atomic E-state index is 11.4. The lowest BCUT2D eigenvalue weighted by Crippen LogP contribution is -2.48. The molecule has 0 bridgehead atoms. The molecule has 26 heavy (non-hydrogen) atoms. The van der Waals surface area contributed by atoms with Crippen molar-refractivity contribution in [2.24, 2.45) is 0 Å². The number of piperazine rings is 1. The molecule has 0 aliphatic carbocycles. The number of carbonyl (C=O) groups excluding carboxylic acids is 1. The molecule has 2 aromatic carbocycles. The molecule has 1 aliphatic rings. The van der Waals surface area contributed by atoms with Crippen molar-refractivity contribution in [3.8, 4) is 0 Å². The minimum atomic E-state index is -0.482. The number of nitro benzene ring substituents is 1. The smallest absolute Gasteiger partial charge is 0.292 e. The van der Waals surface area contributed by atoms with Crippen LogP contribution < -0.4 is 10.6 Å². The lowest BCUT2D eigenvalue weighted by molar-refractivity contribution is -0.383. The van der Waals surface area contributed by atoms with Crippen LogP contribution >= 0.6 is 11.8 Å². The molecule has 1 saturated heterocycles. The lowest BCUT2D eigenvalue weighted by Gasteiger charge is -2.35. The molecule has 0 aromatic heterocycles. The first-order valence-electron chi connectivity index (χ1n) is 8.26. The fraction of sp³-hybridized carbons (Fsp3) is 0.278. The van der Waals surface area contributed by atoms with Crippen LogP contribution in [0.3, 0.4) is 0 Å². The summed E-state index contributed by atoms with van der Waals surface area (Å²) in [6, 6.07) is 12.9. The van der Waals surface area contributed by atoms with Crippen molar-refractivity contribution in [1.29, 1.82) is 0 Å². The standard InChI is InChI=1S/C18H20N4O3S/c1-13(23)20-8-10-21(11-9-20)14-2-4-15(5-3-14)26-16-6-7-18(22(24)25)17(19)12-16/h2-7,12H,8-11,19H2,1H3. The molecule has 0 atom stereocenters. The maximum Gasteiger partial charge on any atom is 0.292 e. The number of carbonyl (C=O) groups is 1. The number of nitrogens with two attached hydrogens (primary N) is 1. The summed E-state index contributed by atoms with van der Waals surface area (Å²) in [6.45, 7) is 4.74. The number of hydrogen-bond donors (Lipinski definition) is 1. The van der Waals surface area contributed by atoms with Crippen LogP contribution in [-0.4, -0.2) is 41.9 Å². The summed E-state index contributed by atoms with van der Waals surface area (Å²) in [5, 5.41) is 10.8. The molecule has 136 valence electrons. The van der Waals surface area contributed by atoms with Gasteiger partial charge in [0.05, 0.1) is 4.92 Å². The van der Waals surface area contributed by atoms with Crippen molar-refractivity contribution in [3.63, 3.8) is 0 Å². The van der Waals surface area contributed by atoms with E-state index in [-0.39, 0.29) is 17.3 Å². The number of benzene rings is 2. The van der Waals surface area contributed by atoms with Crippen LogP contribution in [0.15, 0.2) is 52.3 Å². The Kier molecular flexibility index (Phi) is 5.32. The summed E-state index contributed by atoms with van der Waals surface area (Å²) in [4.78, 5) is 27.8. The predicted octanol–water partition coefficient (Wildman–Crippen LogP) is 3.00. The quantitative estimate of drug-likeness (QED) is 0.504. The number of hydrogen-bond acceptors (Lipinski definition) is 6. The van der Waals surface area contributed by atoms with Gasteiger partial charge >= 0.3 is 0 Å². The van der Waals surface area contributed by atoms with Crippen LogP contribution in [0.2, 0.25) is 0 Å². The van der Waals surface area contributed by atoms with E-state index in [0.29, 0.717) is 0 Å². The Morgan fingerprint density at radius 2 is 1.69 bits per heavy atom. The van der Waals surface area contributed by atoms with E-state index in [1.807, 2.05) is 17.0 Å². The molecule has 8 heteroatoms. The van der Waals surface area contributed by atoms with Crippen molar-refractivity contribution >= 4 is 34.7 Å². The average molecular weight is 372 g/mol. The van der Waals surface area contributed by atoms with E-state index in [0.717, 1.165) is 41.7 Å². The zero-order valence-electron chi connectivity index (χ0n) is 14.4. The van der Waals surface area contributed by atoms with Gasteiger partial charge in [-0.2, -0.15) is 0 Å². The van der Waals surface area contributed by atoms with Gasteiger partial charge in [0.25, 0.3) is 5.69 Å². The van der Waals surface area contributed by atoms with Gasteiger partial charge in [-0.25, -0.2) is 0 Å².